The van der Waals surface area contributed by atoms with Crippen LogP contribution in [0.5, 0.6) is 0 Å². The summed E-state index contributed by atoms with van der Waals surface area (Å²) >= 11 is 0. The Hall–Kier alpha value is -1.73. The van der Waals surface area contributed by atoms with E-state index >= 15 is 0 Å². The van der Waals surface area contributed by atoms with Gasteiger partial charge in [-0.2, -0.15) is 0 Å². The van der Waals surface area contributed by atoms with Gasteiger partial charge < -0.3 is 19.9 Å². The molecule has 3 heterocycles. The molecule has 1 aromatic rings. The summed E-state index contributed by atoms with van der Waals surface area (Å²) in [6, 6.07) is 1.96. The molecule has 1 N–H and O–H groups in total. The molecule has 0 aromatic carbocycles. The van der Waals surface area contributed by atoms with E-state index in [0.717, 1.165) is 23.9 Å². The molecule has 0 spiro atoms. The Kier molecular flexibility index (Phi) is 6.11. The number of likely N-dealkylation sites (tertiary alicyclic amines) is 1. The minimum absolute atomic E-state index is 0.0166. The number of carbonyl (C=O) groups is 1. The lowest BCUT2D eigenvalue weighted by molar-refractivity contribution is -0.149. The highest BCUT2D eigenvalue weighted by Crippen LogP contribution is 2.31. The average molecular weight is 388 g/mol. The van der Waals surface area contributed by atoms with Crippen molar-refractivity contribution in [1.29, 1.82) is 0 Å². The maximum atomic E-state index is 12.3. The molecule has 1 aromatic heterocycles. The third-order valence-corrected chi connectivity index (χ3v) is 6.09. The first-order valence-corrected chi connectivity index (χ1v) is 10.7. The van der Waals surface area contributed by atoms with Gasteiger partial charge in [-0.15, -0.1) is 0 Å². The number of ether oxygens (including phenoxy) is 1. The minimum Gasteiger partial charge on any atom is -0.365 e. The lowest BCUT2D eigenvalue weighted by Gasteiger charge is -2.38. The fraction of sp³-hybridized carbons (Fsp3) is 0.762. The highest BCUT2D eigenvalue weighted by atomic mass is 16.5. The van der Waals surface area contributed by atoms with Gasteiger partial charge in [-0.05, 0) is 70.5 Å². The first kappa shape index (κ1) is 19.6. The van der Waals surface area contributed by atoms with E-state index in [-0.39, 0.29) is 18.6 Å². The van der Waals surface area contributed by atoms with Crippen LogP contribution in [0.3, 0.4) is 0 Å². The number of anilines is 1. The molecular formula is C21H33N5O2. The zero-order valence-corrected chi connectivity index (χ0v) is 17.2. The Bertz CT molecular complexity index is 665. The van der Waals surface area contributed by atoms with Crippen LogP contribution in [-0.4, -0.2) is 77.7 Å². The van der Waals surface area contributed by atoms with Gasteiger partial charge in [-0.3, -0.25) is 4.79 Å². The molecule has 4 rings (SSSR count). The highest BCUT2D eigenvalue weighted by molar-refractivity contribution is 5.78. The third-order valence-electron chi connectivity index (χ3n) is 6.09. The largest absolute Gasteiger partial charge is 0.365 e. The van der Waals surface area contributed by atoms with Crippen LogP contribution in [0.25, 0.3) is 0 Å². The van der Waals surface area contributed by atoms with Gasteiger partial charge in [0, 0.05) is 37.6 Å². The normalized spacial score (nSPS) is 24.6. The fourth-order valence-electron chi connectivity index (χ4n) is 4.32. The number of carbonyl (C=O) groups excluding carboxylic acids is 1. The van der Waals surface area contributed by atoms with Gasteiger partial charge in [0.15, 0.2) is 0 Å². The van der Waals surface area contributed by atoms with Gasteiger partial charge in [-0.25, -0.2) is 9.97 Å². The summed E-state index contributed by atoms with van der Waals surface area (Å²) in [5.41, 5.74) is 1.90. The Morgan fingerprint density at radius 2 is 1.75 bits per heavy atom. The molecule has 3 fully saturated rings. The molecule has 0 radical (unpaired) electrons. The van der Waals surface area contributed by atoms with Crippen LogP contribution < -0.4 is 5.32 Å². The SMILES string of the molecule is Cc1cc(C)nc(NCC2CN(CC3CCN(CC4CC4)CC3)C(=O)CO2)n1. The van der Waals surface area contributed by atoms with Crippen molar-refractivity contribution in [2.75, 3.05) is 51.2 Å². The monoisotopic (exact) mass is 387 g/mol. The van der Waals surface area contributed by atoms with Crippen molar-refractivity contribution < 1.29 is 9.53 Å². The van der Waals surface area contributed by atoms with Gasteiger partial charge in [0.25, 0.3) is 0 Å². The van der Waals surface area contributed by atoms with Gasteiger partial charge in [0.2, 0.25) is 11.9 Å². The van der Waals surface area contributed by atoms with E-state index in [0.29, 0.717) is 25.0 Å². The summed E-state index contributed by atoms with van der Waals surface area (Å²) < 4.78 is 5.74. The van der Waals surface area contributed by atoms with E-state index in [1.54, 1.807) is 0 Å². The number of nitrogens with zero attached hydrogens (tertiary/aromatic N) is 4. The van der Waals surface area contributed by atoms with Crippen molar-refractivity contribution in [3.8, 4) is 0 Å². The molecule has 1 saturated carbocycles. The lowest BCUT2D eigenvalue weighted by Crippen LogP contribution is -2.51. The maximum absolute atomic E-state index is 12.3. The lowest BCUT2D eigenvalue weighted by atomic mass is 9.95. The summed E-state index contributed by atoms with van der Waals surface area (Å²) in [6.45, 7) is 9.92. The van der Waals surface area contributed by atoms with Crippen molar-refractivity contribution in [3.63, 3.8) is 0 Å². The molecule has 1 aliphatic carbocycles. The average Bonchev–Trinajstić information content (AvgIpc) is 3.47. The molecule has 7 nitrogen and oxygen atoms in total. The van der Waals surface area contributed by atoms with Crippen LogP contribution in [0.15, 0.2) is 6.07 Å². The van der Waals surface area contributed by atoms with E-state index in [4.69, 9.17) is 4.74 Å². The quantitative estimate of drug-likeness (QED) is 0.770. The van der Waals surface area contributed by atoms with E-state index in [1.165, 1.54) is 45.3 Å². The molecule has 28 heavy (non-hydrogen) atoms. The van der Waals surface area contributed by atoms with Crippen LogP contribution in [0.4, 0.5) is 5.95 Å². The number of amides is 1. The fourth-order valence-corrected chi connectivity index (χ4v) is 4.32. The maximum Gasteiger partial charge on any atom is 0.248 e. The summed E-state index contributed by atoms with van der Waals surface area (Å²) in [5.74, 6) is 2.34. The second kappa shape index (κ2) is 8.74. The molecule has 1 unspecified atom stereocenters. The van der Waals surface area contributed by atoms with E-state index in [1.807, 2.05) is 24.8 Å². The number of hydrogen-bond donors (Lipinski definition) is 1. The number of aromatic nitrogens is 2. The van der Waals surface area contributed by atoms with Crippen molar-refractivity contribution >= 4 is 11.9 Å². The Balaban J connectivity index is 1.23. The molecule has 0 bridgehead atoms. The summed E-state index contributed by atoms with van der Waals surface area (Å²) in [5, 5.41) is 3.27. The molecule has 7 heteroatoms. The van der Waals surface area contributed by atoms with Crippen LogP contribution in [0, 0.1) is 25.7 Å². The van der Waals surface area contributed by atoms with Gasteiger partial charge in [-0.1, -0.05) is 0 Å². The van der Waals surface area contributed by atoms with Gasteiger partial charge >= 0.3 is 0 Å². The Morgan fingerprint density at radius 1 is 1.07 bits per heavy atom. The van der Waals surface area contributed by atoms with E-state index in [2.05, 4.69) is 20.2 Å². The van der Waals surface area contributed by atoms with Crippen molar-refractivity contribution in [2.45, 2.75) is 45.6 Å². The Labute approximate surface area is 167 Å². The summed E-state index contributed by atoms with van der Waals surface area (Å²) in [6.07, 6.45) is 5.24. The van der Waals surface area contributed by atoms with Crippen molar-refractivity contribution in [3.05, 3.63) is 17.5 Å². The predicted molar refractivity (Wildman–Crippen MR) is 108 cm³/mol. The van der Waals surface area contributed by atoms with Crippen LogP contribution in [0.1, 0.15) is 37.1 Å². The minimum atomic E-state index is -0.0166. The number of hydrogen-bond acceptors (Lipinski definition) is 6. The Morgan fingerprint density at radius 3 is 2.43 bits per heavy atom. The number of morpholine rings is 1. The number of rotatable bonds is 7. The van der Waals surface area contributed by atoms with Crippen LogP contribution >= 0.6 is 0 Å². The topological polar surface area (TPSA) is 70.6 Å². The number of piperidine rings is 1. The molecule has 154 valence electrons. The zero-order chi connectivity index (χ0) is 19.5. The van der Waals surface area contributed by atoms with Crippen molar-refractivity contribution in [2.24, 2.45) is 11.8 Å². The molecular weight excluding hydrogens is 354 g/mol. The molecule has 1 amide bonds. The molecule has 2 saturated heterocycles. The number of nitrogens with one attached hydrogen (secondary N) is 1. The molecule has 1 atom stereocenters. The van der Waals surface area contributed by atoms with Gasteiger partial charge in [0.05, 0.1) is 6.10 Å². The van der Waals surface area contributed by atoms with E-state index < -0.39 is 0 Å². The smallest absolute Gasteiger partial charge is 0.248 e. The summed E-state index contributed by atoms with van der Waals surface area (Å²) in [4.78, 5) is 25.8. The molecule has 2 aliphatic heterocycles. The van der Waals surface area contributed by atoms with Crippen molar-refractivity contribution in [1.82, 2.24) is 19.8 Å². The highest BCUT2D eigenvalue weighted by Gasteiger charge is 2.31. The second-order valence-electron chi connectivity index (χ2n) is 8.77. The van der Waals surface area contributed by atoms with Crippen LogP contribution in [-0.2, 0) is 9.53 Å². The zero-order valence-electron chi connectivity index (χ0n) is 17.2. The number of aryl methyl sites for hydroxylation is 2. The summed E-state index contributed by atoms with van der Waals surface area (Å²) in [7, 11) is 0. The van der Waals surface area contributed by atoms with Crippen LogP contribution in [0.2, 0.25) is 0 Å². The first-order chi connectivity index (χ1) is 13.5. The predicted octanol–water partition coefficient (Wildman–Crippen LogP) is 1.85. The third kappa shape index (κ3) is 5.41. The second-order valence-corrected chi connectivity index (χ2v) is 8.77. The van der Waals surface area contributed by atoms with E-state index in [9.17, 15) is 4.79 Å². The standard InChI is InChI=1S/C21H33N5O2/c1-15-9-16(2)24-21(23-15)22-10-19-13-26(20(27)14-28-19)12-18-5-7-25(8-6-18)11-17-3-4-17/h9,17-19H,3-8,10-14H2,1-2H3,(H,22,23,24). The van der Waals surface area contributed by atoms with Gasteiger partial charge in [0.1, 0.15) is 6.61 Å². The first-order valence-electron chi connectivity index (χ1n) is 10.7. The molecule has 3 aliphatic rings.